The lowest BCUT2D eigenvalue weighted by molar-refractivity contribution is -0.116. The van der Waals surface area contributed by atoms with Gasteiger partial charge in [-0.05, 0) is 36.8 Å². The topological polar surface area (TPSA) is 84.2 Å². The molecule has 0 fully saturated rings. The molecule has 2 amide bonds. The summed E-state index contributed by atoms with van der Waals surface area (Å²) in [5, 5.41) is 5.80. The van der Waals surface area contributed by atoms with Crippen LogP contribution in [0.25, 0.3) is 0 Å². The Labute approximate surface area is 139 Å². The Morgan fingerprint density at radius 3 is 2.52 bits per heavy atom. The number of hydrogen-bond acceptors (Lipinski definition) is 3. The van der Waals surface area contributed by atoms with Gasteiger partial charge in [-0.3, -0.25) is 9.59 Å². The normalized spacial score (nSPS) is 10.2. The molecular weight excluding hydrogens is 314 g/mol. The van der Waals surface area contributed by atoms with Crippen molar-refractivity contribution in [1.29, 1.82) is 0 Å². The fourth-order valence-electron chi connectivity index (χ4n) is 2.07. The van der Waals surface area contributed by atoms with Crippen LogP contribution < -0.4 is 16.4 Å². The maximum atomic E-state index is 12.3. The second-order valence-electron chi connectivity index (χ2n) is 5.05. The molecule has 4 N–H and O–H groups in total. The van der Waals surface area contributed by atoms with Crippen LogP contribution in [-0.2, 0) is 4.79 Å². The van der Waals surface area contributed by atoms with Crippen molar-refractivity contribution in [3.63, 3.8) is 0 Å². The number of anilines is 2. The van der Waals surface area contributed by atoms with E-state index in [2.05, 4.69) is 10.6 Å². The molecule has 0 aliphatic heterocycles. The third-order valence-corrected chi connectivity index (χ3v) is 3.57. The first-order chi connectivity index (χ1) is 11.0. The molecule has 0 bridgehead atoms. The average molecular weight is 332 g/mol. The molecule has 0 radical (unpaired) electrons. The van der Waals surface area contributed by atoms with Crippen LogP contribution in [0.3, 0.4) is 0 Å². The van der Waals surface area contributed by atoms with Gasteiger partial charge in [0.05, 0.1) is 10.7 Å². The zero-order valence-corrected chi connectivity index (χ0v) is 13.5. The maximum absolute atomic E-state index is 12.3. The van der Waals surface area contributed by atoms with E-state index in [9.17, 15) is 9.59 Å². The van der Waals surface area contributed by atoms with Crippen LogP contribution >= 0.6 is 11.6 Å². The van der Waals surface area contributed by atoms with E-state index < -0.39 is 0 Å². The number of nitrogens with two attached hydrogens (primary N) is 1. The van der Waals surface area contributed by atoms with E-state index in [1.165, 1.54) is 0 Å². The number of nitrogens with one attached hydrogen (secondary N) is 2. The van der Waals surface area contributed by atoms with Gasteiger partial charge in [-0.2, -0.15) is 0 Å². The lowest BCUT2D eigenvalue weighted by Crippen LogP contribution is -2.16. The SMILES string of the molecule is Cc1ccccc1C(=O)Nc1ccc(NC(=O)CCN)cc1Cl. The molecule has 0 unspecified atom stereocenters. The highest BCUT2D eigenvalue weighted by Crippen LogP contribution is 2.26. The number of amides is 2. The number of rotatable bonds is 5. The van der Waals surface area contributed by atoms with E-state index in [1.54, 1.807) is 30.3 Å². The predicted molar refractivity (Wildman–Crippen MR) is 92.9 cm³/mol. The fraction of sp³-hybridized carbons (Fsp3) is 0.176. The fourth-order valence-corrected chi connectivity index (χ4v) is 2.29. The van der Waals surface area contributed by atoms with E-state index in [0.717, 1.165) is 5.56 Å². The molecule has 120 valence electrons. The molecular formula is C17H18ClN3O2. The predicted octanol–water partition coefficient (Wildman–Crippen LogP) is 3.19. The number of aryl methyl sites for hydroxylation is 1. The number of hydrogen-bond donors (Lipinski definition) is 3. The third-order valence-electron chi connectivity index (χ3n) is 3.26. The summed E-state index contributed by atoms with van der Waals surface area (Å²) in [7, 11) is 0. The Bertz CT molecular complexity index is 732. The molecule has 0 atom stereocenters. The van der Waals surface area contributed by atoms with E-state index in [1.807, 2.05) is 19.1 Å². The van der Waals surface area contributed by atoms with Gasteiger partial charge in [0.2, 0.25) is 5.91 Å². The Morgan fingerprint density at radius 1 is 1.13 bits per heavy atom. The van der Waals surface area contributed by atoms with Crippen molar-refractivity contribution in [3.8, 4) is 0 Å². The van der Waals surface area contributed by atoms with Gasteiger partial charge in [0, 0.05) is 24.2 Å². The van der Waals surface area contributed by atoms with Crippen molar-refractivity contribution in [1.82, 2.24) is 0 Å². The van der Waals surface area contributed by atoms with Gasteiger partial charge in [0.1, 0.15) is 0 Å². The minimum absolute atomic E-state index is 0.180. The van der Waals surface area contributed by atoms with Crippen LogP contribution in [0.15, 0.2) is 42.5 Å². The van der Waals surface area contributed by atoms with Crippen molar-refractivity contribution in [3.05, 3.63) is 58.6 Å². The van der Waals surface area contributed by atoms with E-state index in [-0.39, 0.29) is 24.8 Å². The van der Waals surface area contributed by atoms with Crippen LogP contribution in [0.5, 0.6) is 0 Å². The zero-order valence-electron chi connectivity index (χ0n) is 12.7. The average Bonchev–Trinajstić information content (AvgIpc) is 2.50. The standard InChI is InChI=1S/C17H18ClN3O2/c1-11-4-2-3-5-13(11)17(23)21-15-7-6-12(10-14(15)18)20-16(22)8-9-19/h2-7,10H,8-9,19H2,1H3,(H,20,22)(H,21,23). The summed E-state index contributed by atoms with van der Waals surface area (Å²) in [6.45, 7) is 2.15. The van der Waals surface area contributed by atoms with Crippen LogP contribution in [0.2, 0.25) is 5.02 Å². The summed E-state index contributed by atoms with van der Waals surface area (Å²) in [5.41, 5.74) is 7.83. The smallest absolute Gasteiger partial charge is 0.255 e. The van der Waals surface area contributed by atoms with E-state index in [4.69, 9.17) is 17.3 Å². The van der Waals surface area contributed by atoms with Gasteiger partial charge in [0.15, 0.2) is 0 Å². The molecule has 2 aromatic rings. The molecule has 0 aromatic heterocycles. The largest absolute Gasteiger partial charge is 0.330 e. The minimum Gasteiger partial charge on any atom is -0.330 e. The molecule has 0 heterocycles. The number of carbonyl (C=O) groups excluding carboxylic acids is 2. The van der Waals surface area contributed by atoms with Crippen LogP contribution in [-0.4, -0.2) is 18.4 Å². The summed E-state index contributed by atoms with van der Waals surface area (Å²) >= 11 is 6.17. The van der Waals surface area contributed by atoms with Crippen LogP contribution in [0, 0.1) is 6.92 Å². The molecule has 2 aromatic carbocycles. The summed E-state index contributed by atoms with van der Waals surface area (Å²) in [6.07, 6.45) is 0.239. The highest BCUT2D eigenvalue weighted by atomic mass is 35.5. The van der Waals surface area contributed by atoms with E-state index >= 15 is 0 Å². The maximum Gasteiger partial charge on any atom is 0.255 e. The van der Waals surface area contributed by atoms with Crippen molar-refractivity contribution >= 4 is 34.8 Å². The Morgan fingerprint density at radius 2 is 1.87 bits per heavy atom. The van der Waals surface area contributed by atoms with Crippen molar-refractivity contribution < 1.29 is 9.59 Å². The van der Waals surface area contributed by atoms with Gasteiger partial charge in [-0.15, -0.1) is 0 Å². The quantitative estimate of drug-likeness (QED) is 0.786. The Kier molecular flexibility index (Phi) is 5.73. The molecule has 2 rings (SSSR count). The molecule has 23 heavy (non-hydrogen) atoms. The van der Waals surface area contributed by atoms with Gasteiger partial charge in [-0.1, -0.05) is 29.8 Å². The molecule has 0 saturated heterocycles. The molecule has 0 saturated carbocycles. The van der Waals surface area contributed by atoms with Crippen molar-refractivity contribution in [2.75, 3.05) is 17.2 Å². The number of halogens is 1. The summed E-state index contributed by atoms with van der Waals surface area (Å²) in [6, 6.07) is 12.2. The second kappa shape index (κ2) is 7.76. The molecule has 5 nitrogen and oxygen atoms in total. The van der Waals surface area contributed by atoms with E-state index in [0.29, 0.717) is 22.0 Å². The number of carbonyl (C=O) groups is 2. The van der Waals surface area contributed by atoms with Gasteiger partial charge in [-0.25, -0.2) is 0 Å². The zero-order chi connectivity index (χ0) is 16.8. The van der Waals surface area contributed by atoms with Gasteiger partial charge < -0.3 is 16.4 Å². The molecule has 0 aliphatic carbocycles. The first kappa shape index (κ1) is 17.0. The lowest BCUT2D eigenvalue weighted by Gasteiger charge is -2.11. The number of benzene rings is 2. The van der Waals surface area contributed by atoms with Crippen molar-refractivity contribution in [2.45, 2.75) is 13.3 Å². The van der Waals surface area contributed by atoms with Crippen LogP contribution in [0.1, 0.15) is 22.3 Å². The summed E-state index contributed by atoms with van der Waals surface area (Å²) in [4.78, 5) is 23.8. The molecule has 0 aliphatic rings. The Balaban J connectivity index is 2.11. The highest BCUT2D eigenvalue weighted by molar-refractivity contribution is 6.34. The Hall–Kier alpha value is -2.37. The summed E-state index contributed by atoms with van der Waals surface area (Å²) < 4.78 is 0. The van der Waals surface area contributed by atoms with Gasteiger partial charge in [0.25, 0.3) is 5.91 Å². The highest BCUT2D eigenvalue weighted by Gasteiger charge is 2.11. The molecule has 6 heteroatoms. The van der Waals surface area contributed by atoms with Gasteiger partial charge >= 0.3 is 0 Å². The first-order valence-corrected chi connectivity index (χ1v) is 7.55. The minimum atomic E-state index is -0.232. The third kappa shape index (κ3) is 4.55. The lowest BCUT2D eigenvalue weighted by atomic mass is 10.1. The first-order valence-electron chi connectivity index (χ1n) is 7.17. The second-order valence-corrected chi connectivity index (χ2v) is 5.46. The van der Waals surface area contributed by atoms with Crippen LogP contribution in [0.4, 0.5) is 11.4 Å². The summed E-state index contributed by atoms with van der Waals surface area (Å²) in [5.74, 6) is -0.412. The monoisotopic (exact) mass is 331 g/mol. The molecule has 0 spiro atoms. The van der Waals surface area contributed by atoms with Crippen molar-refractivity contribution in [2.24, 2.45) is 5.73 Å².